The third-order valence-electron chi connectivity index (χ3n) is 2.61. The first-order valence-electron chi connectivity index (χ1n) is 5.34. The lowest BCUT2D eigenvalue weighted by atomic mass is 10.0. The largest absolute Gasteiger partial charge is 0.197 e. The van der Waals surface area contributed by atoms with Crippen LogP contribution in [0.25, 0.3) is 21.8 Å². The summed E-state index contributed by atoms with van der Waals surface area (Å²) in [4.78, 5) is 1.03. The van der Waals surface area contributed by atoms with Gasteiger partial charge in [0.05, 0.1) is 16.5 Å². The third kappa shape index (κ3) is 1.69. The fraction of sp³-hybridized carbons (Fsp3) is 0. The molecule has 4 nitrogen and oxygen atoms in total. The zero-order valence-corrected chi connectivity index (χ0v) is 10.1. The Bertz CT molecular complexity index is 707. The van der Waals surface area contributed by atoms with Crippen molar-refractivity contribution in [2.45, 2.75) is 0 Å². The molecule has 0 fully saturated rings. The van der Waals surface area contributed by atoms with Gasteiger partial charge in [-0.1, -0.05) is 24.3 Å². The molecule has 2 aromatic heterocycles. The Labute approximate surface area is 108 Å². The number of aromatic nitrogens is 3. The summed E-state index contributed by atoms with van der Waals surface area (Å²) in [6.07, 6.45) is 0. The molecule has 2 heterocycles. The Morgan fingerprint density at radius 2 is 1.89 bits per heavy atom. The number of nitriles is 1. The number of thiophene rings is 1. The summed E-state index contributed by atoms with van der Waals surface area (Å²) < 4.78 is 0. The lowest BCUT2D eigenvalue weighted by molar-refractivity contribution is 0.944. The minimum Gasteiger partial charge on any atom is -0.197 e. The van der Waals surface area contributed by atoms with E-state index in [1.165, 1.54) is 0 Å². The number of H-pyrrole nitrogens is 1. The van der Waals surface area contributed by atoms with E-state index in [2.05, 4.69) is 21.5 Å². The van der Waals surface area contributed by atoms with E-state index in [0.29, 0.717) is 5.56 Å². The van der Waals surface area contributed by atoms with Crippen LogP contribution >= 0.6 is 11.3 Å². The van der Waals surface area contributed by atoms with Gasteiger partial charge in [0, 0.05) is 5.56 Å². The van der Waals surface area contributed by atoms with Gasteiger partial charge >= 0.3 is 0 Å². The second-order valence-electron chi connectivity index (χ2n) is 3.66. The molecule has 1 N–H and O–H groups in total. The third-order valence-corrected chi connectivity index (χ3v) is 3.48. The highest BCUT2D eigenvalue weighted by atomic mass is 32.1. The smallest absolute Gasteiger partial charge is 0.130 e. The van der Waals surface area contributed by atoms with Gasteiger partial charge in [-0.25, -0.2) is 0 Å². The summed E-state index contributed by atoms with van der Waals surface area (Å²) in [6, 6.07) is 13.5. The summed E-state index contributed by atoms with van der Waals surface area (Å²) in [6.45, 7) is 0. The molecule has 0 aliphatic heterocycles. The number of aromatic amines is 1. The van der Waals surface area contributed by atoms with Crippen molar-refractivity contribution in [3.63, 3.8) is 0 Å². The summed E-state index contributed by atoms with van der Waals surface area (Å²) in [5.74, 6) is 0. The first-order valence-corrected chi connectivity index (χ1v) is 6.22. The number of hydrogen-bond donors (Lipinski definition) is 1. The molecule has 3 aromatic rings. The molecular weight excluding hydrogens is 244 g/mol. The maximum absolute atomic E-state index is 9.13. The van der Waals surface area contributed by atoms with Gasteiger partial charge in [0.2, 0.25) is 0 Å². The molecule has 0 radical (unpaired) electrons. The van der Waals surface area contributed by atoms with E-state index in [1.54, 1.807) is 17.4 Å². The van der Waals surface area contributed by atoms with Crippen molar-refractivity contribution >= 4 is 11.3 Å². The van der Waals surface area contributed by atoms with Crippen LogP contribution in [0.15, 0.2) is 41.8 Å². The van der Waals surface area contributed by atoms with Gasteiger partial charge in [0.1, 0.15) is 11.4 Å². The number of nitrogens with zero attached hydrogens (tertiary/aromatic N) is 3. The van der Waals surface area contributed by atoms with Crippen LogP contribution in [0.4, 0.5) is 0 Å². The van der Waals surface area contributed by atoms with E-state index in [4.69, 9.17) is 5.26 Å². The van der Waals surface area contributed by atoms with Crippen molar-refractivity contribution in [1.29, 1.82) is 5.26 Å². The van der Waals surface area contributed by atoms with Gasteiger partial charge in [-0.05, 0) is 17.5 Å². The molecule has 0 saturated carbocycles. The number of nitrogens with one attached hydrogen (secondary N) is 1. The predicted octanol–water partition coefficient (Wildman–Crippen LogP) is 3.07. The normalized spacial score (nSPS) is 10.2. The van der Waals surface area contributed by atoms with E-state index in [0.717, 1.165) is 21.8 Å². The van der Waals surface area contributed by atoms with E-state index in [9.17, 15) is 0 Å². The van der Waals surface area contributed by atoms with Crippen LogP contribution in [0.3, 0.4) is 0 Å². The van der Waals surface area contributed by atoms with E-state index in [-0.39, 0.29) is 0 Å². The van der Waals surface area contributed by atoms with Crippen molar-refractivity contribution in [2.75, 3.05) is 0 Å². The topological polar surface area (TPSA) is 65.4 Å². The molecule has 86 valence electrons. The van der Waals surface area contributed by atoms with Crippen LogP contribution in [0, 0.1) is 11.3 Å². The molecule has 0 bridgehead atoms. The monoisotopic (exact) mass is 252 g/mol. The molecule has 5 heteroatoms. The number of benzene rings is 1. The van der Waals surface area contributed by atoms with Crippen LogP contribution < -0.4 is 0 Å². The lowest BCUT2D eigenvalue weighted by Crippen LogP contribution is -1.86. The van der Waals surface area contributed by atoms with Gasteiger partial charge in [-0.3, -0.25) is 0 Å². The number of hydrogen-bond acceptors (Lipinski definition) is 4. The molecule has 0 amide bonds. The van der Waals surface area contributed by atoms with Gasteiger partial charge in [-0.2, -0.15) is 20.7 Å². The van der Waals surface area contributed by atoms with Gasteiger partial charge in [-0.15, -0.1) is 11.3 Å². The highest BCUT2D eigenvalue weighted by Gasteiger charge is 2.15. The zero-order chi connectivity index (χ0) is 12.4. The van der Waals surface area contributed by atoms with Crippen LogP contribution in [-0.4, -0.2) is 15.4 Å². The minimum absolute atomic E-state index is 0.601. The average molecular weight is 252 g/mol. The summed E-state index contributed by atoms with van der Waals surface area (Å²) in [5, 5.41) is 22.1. The van der Waals surface area contributed by atoms with Crippen LogP contribution in [0.2, 0.25) is 0 Å². The standard InChI is InChI=1S/C13H8N4S/c14-8-9-4-1-2-5-10(9)12-13(16-17-15-12)11-6-3-7-18-11/h1-7H,(H,15,16,17). The molecular formula is C13H8N4S. The van der Waals surface area contributed by atoms with E-state index < -0.39 is 0 Å². The maximum Gasteiger partial charge on any atom is 0.130 e. The average Bonchev–Trinajstić information content (AvgIpc) is 3.09. The fourth-order valence-corrected chi connectivity index (χ4v) is 2.51. The Kier molecular flexibility index (Phi) is 2.63. The highest BCUT2D eigenvalue weighted by Crippen LogP contribution is 2.32. The Hall–Kier alpha value is -2.45. The van der Waals surface area contributed by atoms with Crippen molar-refractivity contribution in [1.82, 2.24) is 15.4 Å². The SMILES string of the molecule is N#Cc1ccccc1-c1n[nH]nc1-c1cccs1. The Morgan fingerprint density at radius 1 is 1.06 bits per heavy atom. The zero-order valence-electron chi connectivity index (χ0n) is 9.29. The van der Waals surface area contributed by atoms with Crippen LogP contribution in [-0.2, 0) is 0 Å². The molecule has 1 aromatic carbocycles. The molecule has 3 rings (SSSR count). The van der Waals surface area contributed by atoms with Crippen molar-refractivity contribution < 1.29 is 0 Å². The molecule has 0 saturated heterocycles. The molecule has 0 spiro atoms. The molecule has 0 aliphatic carbocycles. The minimum atomic E-state index is 0.601. The first-order chi connectivity index (χ1) is 8.90. The lowest BCUT2D eigenvalue weighted by Gasteiger charge is -2.01. The van der Waals surface area contributed by atoms with Crippen LogP contribution in [0.5, 0.6) is 0 Å². The summed E-state index contributed by atoms with van der Waals surface area (Å²) >= 11 is 1.60. The van der Waals surface area contributed by atoms with E-state index >= 15 is 0 Å². The highest BCUT2D eigenvalue weighted by molar-refractivity contribution is 7.13. The second-order valence-corrected chi connectivity index (χ2v) is 4.60. The van der Waals surface area contributed by atoms with Crippen molar-refractivity contribution in [3.8, 4) is 27.9 Å². The van der Waals surface area contributed by atoms with E-state index in [1.807, 2.05) is 35.7 Å². The molecule has 18 heavy (non-hydrogen) atoms. The fourth-order valence-electron chi connectivity index (χ4n) is 1.79. The first kappa shape index (κ1) is 10.7. The summed E-state index contributed by atoms with van der Waals surface area (Å²) in [7, 11) is 0. The molecule has 0 aliphatic rings. The second kappa shape index (κ2) is 4.43. The summed E-state index contributed by atoms with van der Waals surface area (Å²) in [5.41, 5.74) is 2.91. The van der Waals surface area contributed by atoms with Crippen molar-refractivity contribution in [3.05, 3.63) is 47.3 Å². The van der Waals surface area contributed by atoms with Crippen molar-refractivity contribution in [2.24, 2.45) is 0 Å². The molecule has 0 unspecified atom stereocenters. The number of rotatable bonds is 2. The molecule has 0 atom stereocenters. The van der Waals surface area contributed by atoms with Gasteiger partial charge in [0.25, 0.3) is 0 Å². The Morgan fingerprint density at radius 3 is 2.67 bits per heavy atom. The quantitative estimate of drug-likeness (QED) is 0.762. The van der Waals surface area contributed by atoms with Crippen LogP contribution in [0.1, 0.15) is 5.56 Å². The predicted molar refractivity (Wildman–Crippen MR) is 69.8 cm³/mol. The maximum atomic E-state index is 9.13. The Balaban J connectivity index is 2.20. The van der Waals surface area contributed by atoms with Gasteiger partial charge in [0.15, 0.2) is 0 Å². The van der Waals surface area contributed by atoms with Gasteiger partial charge < -0.3 is 0 Å².